The summed E-state index contributed by atoms with van der Waals surface area (Å²) >= 11 is 0. The van der Waals surface area contributed by atoms with E-state index in [1.54, 1.807) is 6.92 Å². The van der Waals surface area contributed by atoms with E-state index in [0.717, 1.165) is 29.5 Å². The van der Waals surface area contributed by atoms with E-state index in [4.69, 9.17) is 0 Å². The van der Waals surface area contributed by atoms with Crippen LogP contribution in [-0.2, 0) is 0 Å². The van der Waals surface area contributed by atoms with Crippen LogP contribution < -0.4 is 5.32 Å². The lowest BCUT2D eigenvalue weighted by atomic mass is 10.0. The third kappa shape index (κ3) is 2.70. The van der Waals surface area contributed by atoms with Crippen LogP contribution in [0.15, 0.2) is 24.3 Å². The number of carbonyl (C=O) groups excluding carboxylic acids is 1. The van der Waals surface area contributed by atoms with Gasteiger partial charge in [-0.05, 0) is 55.6 Å². The number of para-hydroxylation sites is 1. The van der Waals surface area contributed by atoms with Crippen LogP contribution in [-0.4, -0.2) is 16.1 Å². The Morgan fingerprint density at radius 1 is 1.33 bits per heavy atom. The van der Waals surface area contributed by atoms with E-state index in [1.807, 2.05) is 24.3 Å². The Hall–Kier alpha value is -2.24. The van der Waals surface area contributed by atoms with Gasteiger partial charge in [-0.25, -0.2) is 8.78 Å². The van der Waals surface area contributed by atoms with Gasteiger partial charge in [0.25, 0.3) is 12.3 Å². The van der Waals surface area contributed by atoms with Gasteiger partial charge in [0.05, 0.1) is 5.56 Å². The summed E-state index contributed by atoms with van der Waals surface area (Å²) in [6.07, 6.45) is 0.988. The fourth-order valence-electron chi connectivity index (χ4n) is 3.63. The summed E-state index contributed by atoms with van der Waals surface area (Å²) in [5.41, 5.74) is 1.63. The summed E-state index contributed by atoms with van der Waals surface area (Å²) in [5, 5.41) is 8.85. The van der Waals surface area contributed by atoms with E-state index in [1.165, 1.54) is 12.8 Å². The Morgan fingerprint density at radius 2 is 2.08 bits per heavy atom. The van der Waals surface area contributed by atoms with Gasteiger partial charge in [-0.2, -0.15) is 5.10 Å². The molecule has 0 radical (unpaired) electrons. The van der Waals surface area contributed by atoms with E-state index in [-0.39, 0.29) is 5.56 Å². The highest BCUT2D eigenvalue weighted by molar-refractivity contribution is 6.06. The highest BCUT2D eigenvalue weighted by atomic mass is 19.3. The second-order valence-electron chi connectivity index (χ2n) is 6.79. The number of aromatic amines is 1. The molecule has 24 heavy (non-hydrogen) atoms. The Balaban J connectivity index is 1.58. The average Bonchev–Trinajstić information content (AvgIpc) is 3.43. The molecule has 2 N–H and O–H groups in total. The molecule has 2 aliphatic rings. The fraction of sp³-hybridized carbons (Fsp3) is 0.444. The van der Waals surface area contributed by atoms with Crippen molar-refractivity contribution in [3.63, 3.8) is 0 Å². The number of anilines is 1. The minimum absolute atomic E-state index is 0.0608. The Labute approximate surface area is 138 Å². The van der Waals surface area contributed by atoms with Crippen LogP contribution in [0.5, 0.6) is 0 Å². The van der Waals surface area contributed by atoms with E-state index in [0.29, 0.717) is 11.6 Å². The van der Waals surface area contributed by atoms with E-state index in [2.05, 4.69) is 15.5 Å². The number of aryl methyl sites for hydroxylation is 1. The maximum absolute atomic E-state index is 13.0. The average molecular weight is 331 g/mol. The van der Waals surface area contributed by atoms with E-state index >= 15 is 0 Å². The highest BCUT2D eigenvalue weighted by Crippen LogP contribution is 2.60. The van der Waals surface area contributed by atoms with Crippen LogP contribution in [0.1, 0.15) is 58.9 Å². The zero-order chi connectivity index (χ0) is 16.8. The first-order valence-electron chi connectivity index (χ1n) is 8.29. The van der Waals surface area contributed by atoms with Crippen LogP contribution in [0.3, 0.4) is 0 Å². The van der Waals surface area contributed by atoms with Crippen LogP contribution in [0.25, 0.3) is 0 Å². The van der Waals surface area contributed by atoms with Gasteiger partial charge in [0.15, 0.2) is 0 Å². The van der Waals surface area contributed by atoms with Gasteiger partial charge in [0, 0.05) is 11.4 Å². The van der Waals surface area contributed by atoms with E-state index in [9.17, 15) is 13.6 Å². The molecule has 1 aromatic carbocycles. The number of hydrogen-bond donors (Lipinski definition) is 2. The van der Waals surface area contributed by atoms with Gasteiger partial charge in [-0.15, -0.1) is 0 Å². The highest BCUT2D eigenvalue weighted by Gasteiger charge is 2.48. The maximum atomic E-state index is 13.0. The summed E-state index contributed by atoms with van der Waals surface area (Å²) in [7, 11) is 0. The van der Waals surface area contributed by atoms with Gasteiger partial charge in [-0.1, -0.05) is 18.2 Å². The normalized spacial score (nSPS) is 22.7. The molecule has 2 saturated carbocycles. The molecule has 0 bridgehead atoms. The quantitative estimate of drug-likeness (QED) is 0.852. The first-order valence-corrected chi connectivity index (χ1v) is 8.29. The van der Waals surface area contributed by atoms with Crippen molar-refractivity contribution in [2.24, 2.45) is 11.8 Å². The summed E-state index contributed by atoms with van der Waals surface area (Å²) in [4.78, 5) is 12.5. The Bertz CT molecular complexity index is 782. The van der Waals surface area contributed by atoms with Crippen molar-refractivity contribution in [1.82, 2.24) is 10.2 Å². The number of H-pyrrole nitrogens is 1. The van der Waals surface area contributed by atoms with Gasteiger partial charge in [0.1, 0.15) is 5.69 Å². The number of benzene rings is 1. The largest absolute Gasteiger partial charge is 0.322 e. The number of hydrogen-bond acceptors (Lipinski definition) is 2. The monoisotopic (exact) mass is 331 g/mol. The Morgan fingerprint density at radius 3 is 2.79 bits per heavy atom. The van der Waals surface area contributed by atoms with Gasteiger partial charge >= 0.3 is 0 Å². The number of carbonyl (C=O) groups is 1. The SMILES string of the molecule is Cc1[nH]nc(C(F)F)c1C(=O)Nc1ccccc1C1C[C@@H]1C1CC1. The Kier molecular flexibility index (Phi) is 3.62. The van der Waals surface area contributed by atoms with E-state index < -0.39 is 18.0 Å². The molecule has 1 amide bonds. The van der Waals surface area contributed by atoms with Crippen LogP contribution in [0.4, 0.5) is 14.5 Å². The second kappa shape index (κ2) is 5.69. The first kappa shape index (κ1) is 15.3. The molecule has 0 aliphatic heterocycles. The molecule has 1 heterocycles. The predicted octanol–water partition coefficient (Wildman–Crippen LogP) is 4.42. The number of aromatic nitrogens is 2. The lowest BCUT2D eigenvalue weighted by molar-refractivity contribution is 0.101. The van der Waals surface area contributed by atoms with Gasteiger partial charge in [-0.3, -0.25) is 9.89 Å². The number of rotatable bonds is 5. The molecule has 1 aromatic heterocycles. The van der Waals surface area contributed by atoms with Crippen molar-refractivity contribution < 1.29 is 13.6 Å². The molecule has 4 rings (SSSR count). The maximum Gasteiger partial charge on any atom is 0.282 e. The third-order valence-electron chi connectivity index (χ3n) is 5.08. The topological polar surface area (TPSA) is 57.8 Å². The molecule has 2 fully saturated rings. The molecule has 0 spiro atoms. The van der Waals surface area contributed by atoms with Gasteiger partial charge < -0.3 is 5.32 Å². The second-order valence-corrected chi connectivity index (χ2v) is 6.79. The molecule has 1 unspecified atom stereocenters. The molecule has 126 valence electrons. The van der Waals surface area contributed by atoms with Crippen molar-refractivity contribution in [1.29, 1.82) is 0 Å². The molecule has 2 aliphatic carbocycles. The van der Waals surface area contributed by atoms with Crippen molar-refractivity contribution >= 4 is 11.6 Å². The molecule has 0 saturated heterocycles. The third-order valence-corrected chi connectivity index (χ3v) is 5.08. The summed E-state index contributed by atoms with van der Waals surface area (Å²) < 4.78 is 26.1. The van der Waals surface area contributed by atoms with Crippen molar-refractivity contribution in [2.45, 2.75) is 38.5 Å². The minimum Gasteiger partial charge on any atom is -0.322 e. The smallest absolute Gasteiger partial charge is 0.282 e. The first-order chi connectivity index (χ1) is 11.6. The minimum atomic E-state index is -2.78. The van der Waals surface area contributed by atoms with Crippen molar-refractivity contribution in [2.75, 3.05) is 5.32 Å². The molecular formula is C18H19F2N3O. The zero-order valence-corrected chi connectivity index (χ0v) is 13.4. The van der Waals surface area contributed by atoms with Gasteiger partial charge in [0.2, 0.25) is 0 Å². The predicted molar refractivity (Wildman–Crippen MR) is 86.2 cm³/mol. The summed E-state index contributed by atoms with van der Waals surface area (Å²) in [6, 6.07) is 7.68. The lowest BCUT2D eigenvalue weighted by Crippen LogP contribution is -2.16. The number of amides is 1. The number of nitrogens with one attached hydrogen (secondary N) is 2. The summed E-state index contributed by atoms with van der Waals surface area (Å²) in [6.45, 7) is 1.57. The standard InChI is InChI=1S/C18H19F2N3O/c1-9-15(16(17(19)20)23-22-9)18(24)21-14-5-3-2-4-11(14)13-8-12(13)10-6-7-10/h2-5,10,12-13,17H,6-8H2,1H3,(H,21,24)(H,22,23)/t12-,13?/m1/s1. The van der Waals surface area contributed by atoms with Crippen LogP contribution >= 0.6 is 0 Å². The molecule has 4 nitrogen and oxygen atoms in total. The molecule has 2 aromatic rings. The summed E-state index contributed by atoms with van der Waals surface area (Å²) in [5.74, 6) is 1.50. The number of nitrogens with zero attached hydrogens (tertiary/aromatic N) is 1. The lowest BCUT2D eigenvalue weighted by Gasteiger charge is -2.11. The van der Waals surface area contributed by atoms with Crippen molar-refractivity contribution in [3.05, 3.63) is 46.8 Å². The fourth-order valence-corrected chi connectivity index (χ4v) is 3.63. The van der Waals surface area contributed by atoms with Crippen LogP contribution in [0.2, 0.25) is 0 Å². The number of halogens is 2. The van der Waals surface area contributed by atoms with Crippen LogP contribution in [0, 0.1) is 18.8 Å². The number of alkyl halides is 2. The molecule has 6 heteroatoms. The molecular weight excluding hydrogens is 312 g/mol. The zero-order valence-electron chi connectivity index (χ0n) is 13.4. The van der Waals surface area contributed by atoms with Crippen molar-refractivity contribution in [3.8, 4) is 0 Å². The molecule has 2 atom stereocenters.